The smallest absolute Gasteiger partial charge is 0.347 e. The number of ether oxygens (including phenoxy) is 1. The minimum Gasteiger partial charge on any atom is -0.481 e. The number of benzene rings is 1. The molecule has 8 heteroatoms. The van der Waals surface area contributed by atoms with E-state index in [1.54, 1.807) is 27.8 Å². The topological polar surface area (TPSA) is 93.1 Å². The highest BCUT2D eigenvalue weighted by Gasteiger charge is 2.29. The first kappa shape index (κ1) is 18.0. The average molecular weight is 379 g/mol. The highest BCUT2D eigenvalue weighted by molar-refractivity contribution is 5.94. The van der Waals surface area contributed by atoms with E-state index < -0.39 is 0 Å². The van der Waals surface area contributed by atoms with Crippen LogP contribution < -0.4 is 10.4 Å². The molecule has 2 aromatic heterocycles. The predicted molar refractivity (Wildman–Crippen MR) is 103 cm³/mol. The van der Waals surface area contributed by atoms with E-state index in [9.17, 15) is 9.59 Å². The van der Waals surface area contributed by atoms with Gasteiger partial charge in [0.1, 0.15) is 5.82 Å². The van der Waals surface area contributed by atoms with Gasteiger partial charge in [0.25, 0.3) is 5.91 Å². The van der Waals surface area contributed by atoms with Crippen LogP contribution in [0.1, 0.15) is 34.9 Å². The molecule has 28 heavy (non-hydrogen) atoms. The third-order valence-corrected chi connectivity index (χ3v) is 4.98. The van der Waals surface area contributed by atoms with Gasteiger partial charge < -0.3 is 9.64 Å². The maximum atomic E-state index is 13.0. The Morgan fingerprint density at radius 3 is 2.86 bits per heavy atom. The number of hydrogen-bond donors (Lipinski definition) is 1. The minimum atomic E-state index is -0.275. The van der Waals surface area contributed by atoms with Gasteiger partial charge in [-0.05, 0) is 31.0 Å². The Bertz CT molecular complexity index is 1030. The van der Waals surface area contributed by atoms with Crippen LogP contribution in [0.2, 0.25) is 0 Å². The molecule has 0 bridgehead atoms. The van der Waals surface area contributed by atoms with E-state index in [1.807, 2.05) is 30.3 Å². The first-order valence-electron chi connectivity index (χ1n) is 9.19. The maximum Gasteiger partial charge on any atom is 0.347 e. The van der Waals surface area contributed by atoms with Crippen molar-refractivity contribution in [3.8, 4) is 11.6 Å². The lowest BCUT2D eigenvalue weighted by atomic mass is 9.96. The van der Waals surface area contributed by atoms with Gasteiger partial charge in [0.15, 0.2) is 0 Å². The summed E-state index contributed by atoms with van der Waals surface area (Å²) in [6, 6.07) is 12.7. The molecule has 3 aromatic rings. The standard InChI is InChI=1S/C20H21N5O3/c1-28-17-12-14(9-10-21-17)19(26)24-11-5-6-15(13-24)18-22-23-20(27)25(18)16-7-3-2-4-8-16/h2-4,7-10,12,15H,5-6,11,13H2,1H3,(H,23,27)/t15-/m0/s1. The van der Waals surface area contributed by atoms with Crippen molar-refractivity contribution < 1.29 is 9.53 Å². The molecule has 1 aromatic carbocycles. The number of hydrogen-bond acceptors (Lipinski definition) is 5. The van der Waals surface area contributed by atoms with Crippen LogP contribution in [0.4, 0.5) is 0 Å². The first-order chi connectivity index (χ1) is 13.7. The second-order valence-corrected chi connectivity index (χ2v) is 6.74. The second kappa shape index (κ2) is 7.67. The number of methoxy groups -OCH3 is 1. The number of carbonyl (C=O) groups excluding carboxylic acids is 1. The number of nitrogens with zero attached hydrogens (tertiary/aromatic N) is 4. The van der Waals surface area contributed by atoms with Gasteiger partial charge in [-0.1, -0.05) is 18.2 Å². The zero-order valence-corrected chi connectivity index (χ0v) is 15.5. The maximum absolute atomic E-state index is 13.0. The number of para-hydroxylation sites is 1. The van der Waals surface area contributed by atoms with Crippen LogP contribution in [-0.4, -0.2) is 50.8 Å². The molecular weight excluding hydrogens is 358 g/mol. The normalized spacial score (nSPS) is 16.8. The minimum absolute atomic E-state index is 0.0272. The largest absolute Gasteiger partial charge is 0.481 e. The Morgan fingerprint density at radius 1 is 1.25 bits per heavy atom. The van der Waals surface area contributed by atoms with Crippen molar-refractivity contribution in [1.29, 1.82) is 0 Å². The highest BCUT2D eigenvalue weighted by atomic mass is 16.5. The summed E-state index contributed by atoms with van der Waals surface area (Å²) in [6.07, 6.45) is 3.27. The molecule has 0 aliphatic carbocycles. The fraction of sp³-hybridized carbons (Fsp3) is 0.300. The van der Waals surface area contributed by atoms with Gasteiger partial charge in [-0.25, -0.2) is 19.4 Å². The molecule has 8 nitrogen and oxygen atoms in total. The molecule has 1 fully saturated rings. The first-order valence-corrected chi connectivity index (χ1v) is 9.19. The number of H-pyrrole nitrogens is 1. The molecular formula is C20H21N5O3. The molecule has 3 heterocycles. The highest BCUT2D eigenvalue weighted by Crippen LogP contribution is 2.27. The number of rotatable bonds is 4. The van der Waals surface area contributed by atoms with Crippen molar-refractivity contribution in [1.82, 2.24) is 24.6 Å². The summed E-state index contributed by atoms with van der Waals surface area (Å²) in [7, 11) is 1.52. The molecule has 1 saturated heterocycles. The molecule has 0 saturated carbocycles. The summed E-state index contributed by atoms with van der Waals surface area (Å²) in [5, 5.41) is 6.82. The summed E-state index contributed by atoms with van der Waals surface area (Å²) < 4.78 is 6.71. The third-order valence-electron chi connectivity index (χ3n) is 4.98. The van der Waals surface area contributed by atoms with Crippen molar-refractivity contribution in [2.45, 2.75) is 18.8 Å². The third kappa shape index (κ3) is 3.40. The molecule has 0 unspecified atom stereocenters. The molecule has 1 atom stereocenters. The van der Waals surface area contributed by atoms with E-state index in [2.05, 4.69) is 15.2 Å². The van der Waals surface area contributed by atoms with Crippen LogP contribution in [0.15, 0.2) is 53.5 Å². The summed E-state index contributed by atoms with van der Waals surface area (Å²) in [5.41, 5.74) is 1.03. The van der Waals surface area contributed by atoms with Crippen LogP contribution in [0.5, 0.6) is 5.88 Å². The predicted octanol–water partition coefficient (Wildman–Crippen LogP) is 1.98. The van der Waals surface area contributed by atoms with Crippen molar-refractivity contribution in [3.05, 3.63) is 70.5 Å². The summed E-state index contributed by atoms with van der Waals surface area (Å²) >= 11 is 0. The number of aromatic nitrogens is 4. The summed E-state index contributed by atoms with van der Waals surface area (Å²) in [4.78, 5) is 31.1. The molecule has 1 aliphatic rings. The van der Waals surface area contributed by atoms with Crippen LogP contribution >= 0.6 is 0 Å². The lowest BCUT2D eigenvalue weighted by molar-refractivity contribution is 0.0703. The number of piperidine rings is 1. The van der Waals surface area contributed by atoms with Gasteiger partial charge in [-0.15, -0.1) is 0 Å². The Balaban J connectivity index is 1.60. The molecule has 4 rings (SSSR count). The number of likely N-dealkylation sites (tertiary alicyclic amines) is 1. The zero-order valence-electron chi connectivity index (χ0n) is 15.5. The van der Waals surface area contributed by atoms with Gasteiger partial charge in [-0.2, -0.15) is 5.10 Å². The second-order valence-electron chi connectivity index (χ2n) is 6.74. The lowest BCUT2D eigenvalue weighted by Crippen LogP contribution is -2.40. The van der Waals surface area contributed by atoms with E-state index >= 15 is 0 Å². The zero-order chi connectivity index (χ0) is 19.5. The quantitative estimate of drug-likeness (QED) is 0.748. The van der Waals surface area contributed by atoms with Gasteiger partial charge in [-0.3, -0.25) is 4.79 Å². The molecule has 1 N–H and O–H groups in total. The van der Waals surface area contributed by atoms with Gasteiger partial charge >= 0.3 is 5.69 Å². The lowest BCUT2D eigenvalue weighted by Gasteiger charge is -2.32. The summed E-state index contributed by atoms with van der Waals surface area (Å²) in [5.74, 6) is 0.959. The van der Waals surface area contributed by atoms with Crippen LogP contribution in [0.3, 0.4) is 0 Å². The number of pyridine rings is 1. The fourth-order valence-electron chi connectivity index (χ4n) is 3.62. The Labute approximate surface area is 161 Å². The number of nitrogens with one attached hydrogen (secondary N) is 1. The van der Waals surface area contributed by atoms with Crippen molar-refractivity contribution in [2.24, 2.45) is 0 Å². The van der Waals surface area contributed by atoms with Crippen molar-refractivity contribution >= 4 is 5.91 Å². The van der Waals surface area contributed by atoms with E-state index in [-0.39, 0.29) is 17.5 Å². The monoisotopic (exact) mass is 379 g/mol. The number of carbonyl (C=O) groups is 1. The average Bonchev–Trinajstić information content (AvgIpc) is 3.15. The molecule has 1 amide bonds. The molecule has 0 spiro atoms. The molecule has 1 aliphatic heterocycles. The van der Waals surface area contributed by atoms with Gasteiger partial charge in [0, 0.05) is 36.8 Å². The van der Waals surface area contributed by atoms with Crippen LogP contribution in [0.25, 0.3) is 5.69 Å². The Kier molecular flexibility index (Phi) is 4.92. The SMILES string of the molecule is COc1cc(C(=O)N2CCC[C@H](c3n[nH]c(=O)n3-c3ccccc3)C2)ccn1. The number of amides is 1. The Morgan fingerprint density at radius 2 is 2.07 bits per heavy atom. The fourth-order valence-corrected chi connectivity index (χ4v) is 3.62. The van der Waals surface area contributed by atoms with Gasteiger partial charge in [0.2, 0.25) is 5.88 Å². The number of aromatic amines is 1. The van der Waals surface area contributed by atoms with Crippen LogP contribution in [-0.2, 0) is 0 Å². The van der Waals surface area contributed by atoms with Crippen molar-refractivity contribution in [3.63, 3.8) is 0 Å². The van der Waals surface area contributed by atoms with E-state index in [4.69, 9.17) is 4.74 Å². The van der Waals surface area contributed by atoms with E-state index in [1.165, 1.54) is 7.11 Å². The van der Waals surface area contributed by atoms with E-state index in [0.717, 1.165) is 18.5 Å². The Hall–Kier alpha value is -3.42. The molecule has 0 radical (unpaired) electrons. The molecule has 144 valence electrons. The van der Waals surface area contributed by atoms with Crippen LogP contribution in [0, 0.1) is 0 Å². The van der Waals surface area contributed by atoms with Gasteiger partial charge in [0.05, 0.1) is 12.8 Å². The van der Waals surface area contributed by atoms with Crippen molar-refractivity contribution in [2.75, 3.05) is 20.2 Å². The van der Waals surface area contributed by atoms with E-state index in [0.29, 0.717) is 30.4 Å². The summed E-state index contributed by atoms with van der Waals surface area (Å²) in [6.45, 7) is 1.17.